The number of hydrogen-bond donors (Lipinski definition) is 1. The summed E-state index contributed by atoms with van der Waals surface area (Å²) < 4.78 is 42.8. The number of aromatic amines is 1. The average Bonchev–Trinajstić information content (AvgIpc) is 2.90. The standard InChI is InChI=1S/C13H16F3N3O3/c1-22-9(20)4-2-3-6-19-7-5-8-10(12(19)21)17-18-11(8)13(14,15)16/h2-7H2,1H3,(H,17,18). The number of rotatable bonds is 5. The van der Waals surface area contributed by atoms with Gasteiger partial charge in [0.1, 0.15) is 5.69 Å². The third-order valence-electron chi connectivity index (χ3n) is 3.56. The molecule has 0 unspecified atom stereocenters. The number of aromatic nitrogens is 2. The molecule has 0 fully saturated rings. The van der Waals surface area contributed by atoms with E-state index in [-0.39, 0.29) is 36.6 Å². The zero-order chi connectivity index (χ0) is 16.3. The molecule has 0 aromatic carbocycles. The van der Waals surface area contributed by atoms with Crippen LogP contribution >= 0.6 is 0 Å². The van der Waals surface area contributed by atoms with Crippen molar-refractivity contribution >= 4 is 11.9 Å². The second kappa shape index (κ2) is 6.37. The molecule has 9 heteroatoms. The molecular formula is C13H16F3N3O3. The van der Waals surface area contributed by atoms with Gasteiger partial charge in [-0.1, -0.05) is 0 Å². The van der Waals surface area contributed by atoms with Crippen LogP contribution in [0.25, 0.3) is 0 Å². The van der Waals surface area contributed by atoms with E-state index in [1.165, 1.54) is 12.0 Å². The van der Waals surface area contributed by atoms with E-state index in [0.29, 0.717) is 19.4 Å². The molecule has 2 heterocycles. The van der Waals surface area contributed by atoms with Crippen LogP contribution in [0.3, 0.4) is 0 Å². The molecule has 0 spiro atoms. The molecule has 0 atom stereocenters. The number of nitrogens with one attached hydrogen (secondary N) is 1. The summed E-state index contributed by atoms with van der Waals surface area (Å²) in [5.41, 5.74) is -1.17. The number of halogens is 3. The Balaban J connectivity index is 1.95. The first-order chi connectivity index (χ1) is 10.3. The van der Waals surface area contributed by atoms with Gasteiger partial charge in [0.05, 0.1) is 7.11 Å². The fourth-order valence-electron chi connectivity index (χ4n) is 2.41. The molecule has 1 aliphatic heterocycles. The van der Waals surface area contributed by atoms with Crippen molar-refractivity contribution in [3.05, 3.63) is 17.0 Å². The van der Waals surface area contributed by atoms with Crippen molar-refractivity contribution in [3.63, 3.8) is 0 Å². The minimum Gasteiger partial charge on any atom is -0.469 e. The lowest BCUT2D eigenvalue weighted by Crippen LogP contribution is -2.38. The molecule has 0 radical (unpaired) electrons. The summed E-state index contributed by atoms with van der Waals surface area (Å²) in [6.45, 7) is 0.593. The molecule has 1 aliphatic rings. The van der Waals surface area contributed by atoms with Gasteiger partial charge in [0.2, 0.25) is 0 Å². The number of carbonyl (C=O) groups excluding carboxylic acids is 2. The Morgan fingerprint density at radius 1 is 1.41 bits per heavy atom. The SMILES string of the molecule is COC(=O)CCCCN1CCc2c(n[nH]c2C(F)(F)F)C1=O. The first-order valence-electron chi connectivity index (χ1n) is 6.85. The Bertz CT molecular complexity index is 569. The number of esters is 1. The number of alkyl halides is 3. The van der Waals surface area contributed by atoms with Crippen LogP contribution in [-0.4, -0.2) is 47.2 Å². The van der Waals surface area contributed by atoms with Gasteiger partial charge in [0.15, 0.2) is 5.69 Å². The van der Waals surface area contributed by atoms with Crippen molar-refractivity contribution in [2.45, 2.75) is 31.9 Å². The van der Waals surface area contributed by atoms with Crippen LogP contribution in [0, 0.1) is 0 Å². The molecule has 1 N–H and O–H groups in total. The van der Waals surface area contributed by atoms with E-state index in [0.717, 1.165) is 0 Å². The number of carbonyl (C=O) groups is 2. The average molecular weight is 319 g/mol. The lowest BCUT2D eigenvalue weighted by molar-refractivity contribution is -0.142. The van der Waals surface area contributed by atoms with E-state index in [4.69, 9.17) is 0 Å². The Morgan fingerprint density at radius 3 is 2.77 bits per heavy atom. The summed E-state index contributed by atoms with van der Waals surface area (Å²) in [5, 5.41) is 5.43. The predicted molar refractivity (Wildman–Crippen MR) is 69.1 cm³/mol. The highest BCUT2D eigenvalue weighted by molar-refractivity contribution is 5.95. The highest BCUT2D eigenvalue weighted by Crippen LogP contribution is 2.33. The second-order valence-electron chi connectivity index (χ2n) is 5.00. The van der Waals surface area contributed by atoms with Crippen LogP contribution in [0.2, 0.25) is 0 Å². The van der Waals surface area contributed by atoms with Crippen molar-refractivity contribution in [2.75, 3.05) is 20.2 Å². The van der Waals surface area contributed by atoms with Crippen molar-refractivity contribution in [1.29, 1.82) is 0 Å². The quantitative estimate of drug-likeness (QED) is 0.663. The van der Waals surface area contributed by atoms with Crippen molar-refractivity contribution in [3.8, 4) is 0 Å². The number of amides is 1. The number of methoxy groups -OCH3 is 1. The molecular weight excluding hydrogens is 303 g/mol. The topological polar surface area (TPSA) is 75.3 Å². The molecule has 0 saturated heterocycles. The first-order valence-corrected chi connectivity index (χ1v) is 6.85. The maximum Gasteiger partial charge on any atom is 0.433 e. The smallest absolute Gasteiger partial charge is 0.433 e. The Labute approximate surface area is 124 Å². The van der Waals surface area contributed by atoms with Gasteiger partial charge < -0.3 is 9.64 Å². The monoisotopic (exact) mass is 319 g/mol. The van der Waals surface area contributed by atoms with Gasteiger partial charge in [0, 0.05) is 25.1 Å². The molecule has 122 valence electrons. The largest absolute Gasteiger partial charge is 0.469 e. The lowest BCUT2D eigenvalue weighted by Gasteiger charge is -2.26. The van der Waals surface area contributed by atoms with Crippen LogP contribution in [-0.2, 0) is 22.1 Å². The number of unbranched alkanes of at least 4 members (excludes halogenated alkanes) is 1. The van der Waals surface area contributed by atoms with E-state index in [9.17, 15) is 22.8 Å². The van der Waals surface area contributed by atoms with Gasteiger partial charge in [-0.25, -0.2) is 0 Å². The van der Waals surface area contributed by atoms with Crippen LogP contribution in [0.15, 0.2) is 0 Å². The van der Waals surface area contributed by atoms with E-state index < -0.39 is 17.8 Å². The maximum atomic E-state index is 12.8. The normalized spacial score (nSPS) is 14.9. The fraction of sp³-hybridized carbons (Fsp3) is 0.615. The minimum atomic E-state index is -4.54. The summed E-state index contributed by atoms with van der Waals surface area (Å²) >= 11 is 0. The molecule has 1 aromatic rings. The zero-order valence-corrected chi connectivity index (χ0v) is 12.0. The summed E-state index contributed by atoms with van der Waals surface area (Å²) in [4.78, 5) is 24.5. The highest BCUT2D eigenvalue weighted by Gasteiger charge is 2.40. The van der Waals surface area contributed by atoms with Gasteiger partial charge in [-0.05, 0) is 19.3 Å². The van der Waals surface area contributed by atoms with Crippen molar-refractivity contribution < 1.29 is 27.5 Å². The highest BCUT2D eigenvalue weighted by atomic mass is 19.4. The summed E-state index contributed by atoms with van der Waals surface area (Å²) in [7, 11) is 1.30. The number of ether oxygens (including phenoxy) is 1. The van der Waals surface area contributed by atoms with E-state index >= 15 is 0 Å². The summed E-state index contributed by atoms with van der Waals surface area (Å²) in [6.07, 6.45) is -3.04. The summed E-state index contributed by atoms with van der Waals surface area (Å²) in [6, 6.07) is 0. The van der Waals surface area contributed by atoms with Crippen LogP contribution in [0.5, 0.6) is 0 Å². The minimum absolute atomic E-state index is 0.0664. The number of hydrogen-bond acceptors (Lipinski definition) is 4. The molecule has 1 amide bonds. The Kier molecular flexibility index (Phi) is 4.72. The molecule has 0 aliphatic carbocycles. The maximum absolute atomic E-state index is 12.8. The van der Waals surface area contributed by atoms with Gasteiger partial charge in [-0.15, -0.1) is 0 Å². The number of fused-ring (bicyclic) bond motifs is 1. The van der Waals surface area contributed by atoms with Crippen molar-refractivity contribution in [1.82, 2.24) is 15.1 Å². The van der Waals surface area contributed by atoms with Crippen LogP contribution < -0.4 is 0 Å². The molecule has 1 aromatic heterocycles. The Hall–Kier alpha value is -2.06. The van der Waals surface area contributed by atoms with Gasteiger partial charge in [0.25, 0.3) is 5.91 Å². The fourth-order valence-corrected chi connectivity index (χ4v) is 2.41. The summed E-state index contributed by atoms with van der Waals surface area (Å²) in [5.74, 6) is -0.833. The molecule has 6 nitrogen and oxygen atoms in total. The molecule has 0 saturated carbocycles. The van der Waals surface area contributed by atoms with E-state index in [1.54, 1.807) is 0 Å². The molecule has 0 bridgehead atoms. The molecule has 2 rings (SSSR count). The van der Waals surface area contributed by atoms with Gasteiger partial charge in [-0.2, -0.15) is 18.3 Å². The first kappa shape index (κ1) is 16.3. The number of nitrogens with zero attached hydrogens (tertiary/aromatic N) is 2. The molecule has 22 heavy (non-hydrogen) atoms. The van der Waals surface area contributed by atoms with Crippen molar-refractivity contribution in [2.24, 2.45) is 0 Å². The third kappa shape index (κ3) is 3.40. The van der Waals surface area contributed by atoms with Gasteiger partial charge in [-0.3, -0.25) is 14.7 Å². The van der Waals surface area contributed by atoms with E-state index in [2.05, 4.69) is 9.84 Å². The second-order valence-corrected chi connectivity index (χ2v) is 5.00. The van der Waals surface area contributed by atoms with Crippen LogP contribution in [0.1, 0.15) is 41.0 Å². The third-order valence-corrected chi connectivity index (χ3v) is 3.56. The zero-order valence-electron chi connectivity index (χ0n) is 12.0. The number of H-pyrrole nitrogens is 1. The predicted octanol–water partition coefficient (Wildman–Crippen LogP) is 1.77. The Morgan fingerprint density at radius 2 is 2.14 bits per heavy atom. The van der Waals surface area contributed by atoms with Crippen LogP contribution in [0.4, 0.5) is 13.2 Å². The lowest BCUT2D eigenvalue weighted by atomic mass is 10.0. The van der Waals surface area contributed by atoms with E-state index in [1.807, 2.05) is 5.10 Å². The van der Waals surface area contributed by atoms with Gasteiger partial charge >= 0.3 is 12.1 Å².